The fourth-order valence-electron chi connectivity index (χ4n) is 1.56. The van der Waals surface area contributed by atoms with Crippen LogP contribution in [0.25, 0.3) is 11.5 Å². The molecule has 6 nitrogen and oxygen atoms in total. The maximum atomic E-state index is 11.5. The van der Waals surface area contributed by atoms with E-state index in [1.165, 1.54) is 11.8 Å². The summed E-state index contributed by atoms with van der Waals surface area (Å²) in [6.45, 7) is 2.69. The minimum Gasteiger partial charge on any atom is -0.497 e. The lowest BCUT2D eigenvalue weighted by Crippen LogP contribution is -2.25. The molecule has 1 N–H and O–H groups in total. The second-order valence-electron chi connectivity index (χ2n) is 4.24. The van der Waals surface area contributed by atoms with E-state index in [4.69, 9.17) is 9.15 Å². The van der Waals surface area contributed by atoms with Crippen LogP contribution in [0.4, 0.5) is 0 Å². The second kappa shape index (κ2) is 7.68. The number of ether oxygens (including phenoxy) is 1. The number of benzene rings is 1. The van der Waals surface area contributed by atoms with Gasteiger partial charge in [-0.05, 0) is 30.7 Å². The lowest BCUT2D eigenvalue weighted by molar-refractivity contribution is -0.118. The molecule has 0 atom stereocenters. The van der Waals surface area contributed by atoms with Crippen molar-refractivity contribution in [2.45, 2.75) is 18.6 Å². The number of amides is 1. The van der Waals surface area contributed by atoms with E-state index in [1.807, 2.05) is 31.2 Å². The molecule has 1 amide bonds. The lowest BCUT2D eigenvalue weighted by Gasteiger charge is -2.00. The Labute approximate surface area is 127 Å². The van der Waals surface area contributed by atoms with Crippen molar-refractivity contribution in [2.24, 2.45) is 0 Å². The van der Waals surface area contributed by atoms with E-state index < -0.39 is 0 Å². The summed E-state index contributed by atoms with van der Waals surface area (Å²) >= 11 is 1.23. The number of rotatable bonds is 7. The summed E-state index contributed by atoms with van der Waals surface area (Å²) < 4.78 is 10.6. The number of carbonyl (C=O) groups is 1. The minimum absolute atomic E-state index is 0.0361. The molecule has 0 aliphatic rings. The molecule has 0 fully saturated rings. The maximum absolute atomic E-state index is 11.5. The molecule has 0 bridgehead atoms. The number of nitrogens with zero attached hydrogens (tertiary/aromatic N) is 2. The minimum atomic E-state index is -0.0361. The molecule has 112 valence electrons. The summed E-state index contributed by atoms with van der Waals surface area (Å²) in [6, 6.07) is 7.33. The van der Waals surface area contributed by atoms with Gasteiger partial charge in [-0.2, -0.15) is 0 Å². The standard InChI is InChI=1S/C14H17N3O3S/c1-3-8-15-12(18)9-21-14-17-16-13(20-14)10-4-6-11(19-2)7-5-10/h4-7H,3,8-9H2,1-2H3,(H,15,18). The van der Waals surface area contributed by atoms with Crippen LogP contribution in [0.3, 0.4) is 0 Å². The summed E-state index contributed by atoms with van der Waals surface area (Å²) in [5.41, 5.74) is 0.811. The van der Waals surface area contributed by atoms with Crippen molar-refractivity contribution in [2.75, 3.05) is 19.4 Å². The summed E-state index contributed by atoms with van der Waals surface area (Å²) in [5.74, 6) is 1.42. The molecule has 0 aliphatic heterocycles. The number of hydrogen-bond acceptors (Lipinski definition) is 6. The highest BCUT2D eigenvalue weighted by Gasteiger charge is 2.11. The van der Waals surface area contributed by atoms with Crippen molar-refractivity contribution in [1.82, 2.24) is 15.5 Å². The van der Waals surface area contributed by atoms with Crippen LogP contribution in [0.1, 0.15) is 13.3 Å². The topological polar surface area (TPSA) is 77.2 Å². The number of nitrogens with one attached hydrogen (secondary N) is 1. The third kappa shape index (κ3) is 4.49. The van der Waals surface area contributed by atoms with Gasteiger partial charge in [-0.1, -0.05) is 18.7 Å². The van der Waals surface area contributed by atoms with Crippen LogP contribution in [0.15, 0.2) is 33.9 Å². The lowest BCUT2D eigenvalue weighted by atomic mass is 10.2. The van der Waals surface area contributed by atoms with Crippen LogP contribution in [0.2, 0.25) is 0 Å². The number of thioether (sulfide) groups is 1. The quantitative estimate of drug-likeness (QED) is 0.791. The van der Waals surface area contributed by atoms with Crippen LogP contribution < -0.4 is 10.1 Å². The molecule has 1 aromatic heterocycles. The SMILES string of the molecule is CCCNC(=O)CSc1nnc(-c2ccc(OC)cc2)o1. The Balaban J connectivity index is 1.92. The Morgan fingerprint density at radius 3 is 2.76 bits per heavy atom. The van der Waals surface area contributed by atoms with E-state index in [9.17, 15) is 4.79 Å². The fourth-order valence-corrected chi connectivity index (χ4v) is 2.15. The molecule has 0 radical (unpaired) electrons. The average molecular weight is 307 g/mol. The van der Waals surface area contributed by atoms with Crippen molar-refractivity contribution in [3.8, 4) is 17.2 Å². The normalized spacial score (nSPS) is 10.4. The fraction of sp³-hybridized carbons (Fsp3) is 0.357. The predicted octanol–water partition coefficient (Wildman–Crippen LogP) is 2.36. The number of carbonyl (C=O) groups excluding carboxylic acids is 1. The van der Waals surface area contributed by atoms with Gasteiger partial charge in [0.05, 0.1) is 12.9 Å². The molecule has 1 aromatic carbocycles. The van der Waals surface area contributed by atoms with Gasteiger partial charge in [0.1, 0.15) is 5.75 Å². The summed E-state index contributed by atoms with van der Waals surface area (Å²) in [7, 11) is 1.61. The van der Waals surface area contributed by atoms with Gasteiger partial charge in [0.25, 0.3) is 5.22 Å². The zero-order chi connectivity index (χ0) is 15.1. The molecular weight excluding hydrogens is 290 g/mol. The Hall–Kier alpha value is -2.02. The first kappa shape index (κ1) is 15.4. The molecule has 0 unspecified atom stereocenters. The van der Waals surface area contributed by atoms with Crippen molar-refractivity contribution in [1.29, 1.82) is 0 Å². The van der Waals surface area contributed by atoms with Crippen molar-refractivity contribution in [3.05, 3.63) is 24.3 Å². The smallest absolute Gasteiger partial charge is 0.277 e. The second-order valence-corrected chi connectivity index (χ2v) is 5.17. The van der Waals surface area contributed by atoms with Gasteiger partial charge in [0, 0.05) is 12.1 Å². The third-order valence-electron chi connectivity index (χ3n) is 2.64. The summed E-state index contributed by atoms with van der Waals surface area (Å²) in [5, 5.41) is 11.1. The molecular formula is C14H17N3O3S. The molecule has 0 saturated carbocycles. The van der Waals surface area contributed by atoms with E-state index in [-0.39, 0.29) is 11.7 Å². The largest absolute Gasteiger partial charge is 0.497 e. The van der Waals surface area contributed by atoms with Gasteiger partial charge in [0.15, 0.2) is 0 Å². The Kier molecular flexibility index (Phi) is 5.62. The van der Waals surface area contributed by atoms with E-state index in [0.717, 1.165) is 17.7 Å². The van der Waals surface area contributed by atoms with E-state index in [0.29, 0.717) is 17.7 Å². The van der Waals surface area contributed by atoms with Gasteiger partial charge < -0.3 is 14.5 Å². The third-order valence-corrected chi connectivity index (χ3v) is 3.46. The molecule has 2 aromatic rings. The summed E-state index contributed by atoms with van der Waals surface area (Å²) in [6.07, 6.45) is 0.915. The van der Waals surface area contributed by atoms with Crippen molar-refractivity contribution >= 4 is 17.7 Å². The maximum Gasteiger partial charge on any atom is 0.277 e. The molecule has 1 heterocycles. The monoisotopic (exact) mass is 307 g/mol. The Morgan fingerprint density at radius 1 is 1.33 bits per heavy atom. The Morgan fingerprint density at radius 2 is 2.10 bits per heavy atom. The molecule has 0 spiro atoms. The first-order valence-corrected chi connectivity index (χ1v) is 7.59. The molecule has 0 aliphatic carbocycles. The van der Waals surface area contributed by atoms with Gasteiger partial charge in [0.2, 0.25) is 11.8 Å². The van der Waals surface area contributed by atoms with Gasteiger partial charge >= 0.3 is 0 Å². The van der Waals surface area contributed by atoms with Crippen LogP contribution in [0, 0.1) is 0 Å². The predicted molar refractivity (Wildman–Crippen MR) is 80.3 cm³/mol. The number of methoxy groups -OCH3 is 1. The number of aromatic nitrogens is 2. The van der Waals surface area contributed by atoms with Gasteiger partial charge in [-0.25, -0.2) is 0 Å². The van der Waals surface area contributed by atoms with Crippen molar-refractivity contribution in [3.63, 3.8) is 0 Å². The highest BCUT2D eigenvalue weighted by Crippen LogP contribution is 2.24. The highest BCUT2D eigenvalue weighted by atomic mass is 32.2. The zero-order valence-corrected chi connectivity index (χ0v) is 12.8. The first-order chi connectivity index (χ1) is 10.2. The zero-order valence-electron chi connectivity index (χ0n) is 12.0. The van der Waals surface area contributed by atoms with E-state index >= 15 is 0 Å². The van der Waals surface area contributed by atoms with Crippen molar-refractivity contribution < 1.29 is 13.9 Å². The van der Waals surface area contributed by atoms with E-state index in [2.05, 4.69) is 15.5 Å². The first-order valence-electron chi connectivity index (χ1n) is 6.60. The number of hydrogen-bond donors (Lipinski definition) is 1. The van der Waals surface area contributed by atoms with Gasteiger partial charge in [-0.3, -0.25) is 4.79 Å². The highest BCUT2D eigenvalue weighted by molar-refractivity contribution is 7.99. The molecule has 2 rings (SSSR count). The molecule has 7 heteroatoms. The van der Waals surface area contributed by atoms with Crippen LogP contribution >= 0.6 is 11.8 Å². The summed E-state index contributed by atoms with van der Waals surface area (Å²) in [4.78, 5) is 11.5. The average Bonchev–Trinajstić information content (AvgIpc) is 3.00. The van der Waals surface area contributed by atoms with E-state index in [1.54, 1.807) is 7.11 Å². The van der Waals surface area contributed by atoms with Crippen LogP contribution in [-0.2, 0) is 4.79 Å². The Bertz CT molecular complexity index is 583. The van der Waals surface area contributed by atoms with Gasteiger partial charge in [-0.15, -0.1) is 10.2 Å². The van der Waals surface area contributed by atoms with Crippen LogP contribution in [0.5, 0.6) is 5.75 Å². The molecule has 21 heavy (non-hydrogen) atoms. The molecule has 0 saturated heterocycles. The van der Waals surface area contributed by atoms with Crippen LogP contribution in [-0.4, -0.2) is 35.5 Å².